The maximum atomic E-state index is 12.0. The number of amides is 1. The molecule has 0 saturated heterocycles. The average Bonchev–Trinajstić information content (AvgIpc) is 2.35. The molecule has 18 heavy (non-hydrogen) atoms. The van der Waals surface area contributed by atoms with Crippen molar-refractivity contribution in [3.63, 3.8) is 0 Å². The number of carboxylic acids is 1. The lowest BCUT2D eigenvalue weighted by Gasteiger charge is -2.19. The van der Waals surface area contributed by atoms with Crippen molar-refractivity contribution in [3.05, 3.63) is 35.4 Å². The molecule has 0 unspecified atom stereocenters. The average molecular weight is 249 g/mol. The fraction of sp³-hybridized carbons (Fsp3) is 0.429. The van der Waals surface area contributed by atoms with Gasteiger partial charge in [0.15, 0.2) is 0 Å². The highest BCUT2D eigenvalue weighted by atomic mass is 16.4. The number of rotatable bonds is 5. The quantitative estimate of drug-likeness (QED) is 0.839. The molecule has 0 spiro atoms. The number of aryl methyl sites for hydroxylation is 1. The van der Waals surface area contributed by atoms with Crippen LogP contribution in [0.25, 0.3) is 0 Å². The van der Waals surface area contributed by atoms with Crippen molar-refractivity contribution in [1.29, 1.82) is 0 Å². The number of carbonyl (C=O) groups excluding carboxylic acids is 1. The van der Waals surface area contributed by atoms with Crippen molar-refractivity contribution >= 4 is 11.9 Å². The molecule has 98 valence electrons. The highest BCUT2D eigenvalue weighted by Crippen LogP contribution is 2.14. The van der Waals surface area contributed by atoms with E-state index >= 15 is 0 Å². The van der Waals surface area contributed by atoms with E-state index in [2.05, 4.69) is 5.32 Å². The summed E-state index contributed by atoms with van der Waals surface area (Å²) >= 11 is 0. The van der Waals surface area contributed by atoms with Gasteiger partial charge in [-0.25, -0.2) is 0 Å². The van der Waals surface area contributed by atoms with Crippen LogP contribution in [0.5, 0.6) is 0 Å². The number of aliphatic carboxylic acids is 1. The van der Waals surface area contributed by atoms with E-state index in [1.807, 2.05) is 19.1 Å². The van der Waals surface area contributed by atoms with Gasteiger partial charge in [-0.05, 0) is 31.9 Å². The maximum absolute atomic E-state index is 12.0. The lowest BCUT2D eigenvalue weighted by atomic mass is 9.93. The highest BCUT2D eigenvalue weighted by Gasteiger charge is 2.27. The van der Waals surface area contributed by atoms with Gasteiger partial charge in [-0.1, -0.05) is 25.1 Å². The van der Waals surface area contributed by atoms with Crippen LogP contribution in [-0.2, 0) is 11.2 Å². The fourth-order valence-electron chi connectivity index (χ4n) is 1.52. The normalized spacial score (nSPS) is 11.1. The monoisotopic (exact) mass is 249 g/mol. The number of benzene rings is 1. The van der Waals surface area contributed by atoms with Gasteiger partial charge >= 0.3 is 5.97 Å². The fourth-order valence-corrected chi connectivity index (χ4v) is 1.52. The third kappa shape index (κ3) is 3.32. The SMILES string of the molecule is CCc1ccccc1C(=O)NCC(C)(C)C(=O)O. The van der Waals surface area contributed by atoms with Crippen LogP contribution in [0.3, 0.4) is 0 Å². The van der Waals surface area contributed by atoms with E-state index in [0.717, 1.165) is 12.0 Å². The van der Waals surface area contributed by atoms with E-state index < -0.39 is 11.4 Å². The molecule has 4 nitrogen and oxygen atoms in total. The van der Waals surface area contributed by atoms with E-state index in [1.165, 1.54) is 0 Å². The first-order valence-electron chi connectivity index (χ1n) is 5.98. The summed E-state index contributed by atoms with van der Waals surface area (Å²) in [4.78, 5) is 22.9. The van der Waals surface area contributed by atoms with Crippen molar-refractivity contribution in [2.45, 2.75) is 27.2 Å². The number of hydrogen-bond acceptors (Lipinski definition) is 2. The molecule has 0 saturated carbocycles. The van der Waals surface area contributed by atoms with E-state index in [9.17, 15) is 9.59 Å². The van der Waals surface area contributed by atoms with Crippen LogP contribution in [0.2, 0.25) is 0 Å². The van der Waals surface area contributed by atoms with Crippen molar-refractivity contribution in [1.82, 2.24) is 5.32 Å². The molecule has 0 aromatic heterocycles. The predicted molar refractivity (Wildman–Crippen MR) is 69.6 cm³/mol. The summed E-state index contributed by atoms with van der Waals surface area (Å²) in [6.45, 7) is 5.26. The number of nitrogens with one attached hydrogen (secondary N) is 1. The minimum absolute atomic E-state index is 0.110. The minimum atomic E-state index is -0.961. The van der Waals surface area contributed by atoms with Gasteiger partial charge in [-0.3, -0.25) is 9.59 Å². The Hall–Kier alpha value is -1.84. The third-order valence-corrected chi connectivity index (χ3v) is 2.91. The van der Waals surface area contributed by atoms with Crippen LogP contribution >= 0.6 is 0 Å². The molecule has 0 aliphatic rings. The molecule has 1 aromatic carbocycles. The molecule has 0 aliphatic carbocycles. The summed E-state index contributed by atoms with van der Waals surface area (Å²) in [5.74, 6) is -1.15. The van der Waals surface area contributed by atoms with Gasteiger partial charge in [-0.15, -0.1) is 0 Å². The molecule has 2 N–H and O–H groups in total. The first kappa shape index (κ1) is 14.2. The van der Waals surface area contributed by atoms with Gasteiger partial charge in [0.25, 0.3) is 5.91 Å². The molecule has 0 heterocycles. The highest BCUT2D eigenvalue weighted by molar-refractivity contribution is 5.96. The molecule has 0 aliphatic heterocycles. The van der Waals surface area contributed by atoms with Gasteiger partial charge in [0.2, 0.25) is 0 Å². The largest absolute Gasteiger partial charge is 0.481 e. The van der Waals surface area contributed by atoms with Crippen LogP contribution in [0.15, 0.2) is 24.3 Å². The van der Waals surface area contributed by atoms with E-state index in [0.29, 0.717) is 5.56 Å². The lowest BCUT2D eigenvalue weighted by Crippen LogP contribution is -2.39. The number of hydrogen-bond donors (Lipinski definition) is 2. The molecule has 0 atom stereocenters. The van der Waals surface area contributed by atoms with Gasteiger partial charge in [0.1, 0.15) is 0 Å². The van der Waals surface area contributed by atoms with E-state index in [-0.39, 0.29) is 12.5 Å². The lowest BCUT2D eigenvalue weighted by molar-refractivity contribution is -0.146. The van der Waals surface area contributed by atoms with E-state index in [1.54, 1.807) is 26.0 Å². The van der Waals surface area contributed by atoms with Crippen LogP contribution in [0.1, 0.15) is 36.7 Å². The smallest absolute Gasteiger partial charge is 0.310 e. The summed E-state index contributed by atoms with van der Waals surface area (Å²) < 4.78 is 0. The van der Waals surface area contributed by atoms with Gasteiger partial charge in [-0.2, -0.15) is 0 Å². The Balaban J connectivity index is 2.75. The zero-order valence-corrected chi connectivity index (χ0v) is 11.0. The summed E-state index contributed by atoms with van der Waals surface area (Å²) in [6, 6.07) is 7.34. The molecule has 1 amide bonds. The molecular weight excluding hydrogens is 230 g/mol. The third-order valence-electron chi connectivity index (χ3n) is 2.91. The van der Waals surface area contributed by atoms with Crippen LogP contribution in [0.4, 0.5) is 0 Å². The Morgan fingerprint density at radius 3 is 2.44 bits per heavy atom. The molecule has 0 radical (unpaired) electrons. The van der Waals surface area contributed by atoms with Gasteiger partial charge < -0.3 is 10.4 Å². The van der Waals surface area contributed by atoms with Crippen LogP contribution in [0, 0.1) is 5.41 Å². The second-order valence-electron chi connectivity index (χ2n) is 4.88. The van der Waals surface area contributed by atoms with Crippen LogP contribution < -0.4 is 5.32 Å². The summed E-state index contributed by atoms with van der Waals surface area (Å²) in [5, 5.41) is 11.6. The topological polar surface area (TPSA) is 66.4 Å². The second-order valence-corrected chi connectivity index (χ2v) is 4.88. The molecule has 0 bridgehead atoms. The first-order chi connectivity index (χ1) is 8.38. The number of carbonyl (C=O) groups is 2. The summed E-state index contributed by atoms with van der Waals surface area (Å²) in [7, 11) is 0. The van der Waals surface area contributed by atoms with Gasteiger partial charge in [0, 0.05) is 12.1 Å². The Labute approximate surface area is 107 Å². The van der Waals surface area contributed by atoms with Crippen LogP contribution in [-0.4, -0.2) is 23.5 Å². The summed E-state index contributed by atoms with van der Waals surface area (Å²) in [5.41, 5.74) is 0.612. The molecule has 4 heteroatoms. The molecular formula is C14H19NO3. The van der Waals surface area contributed by atoms with Crippen molar-refractivity contribution in [2.75, 3.05) is 6.54 Å². The maximum Gasteiger partial charge on any atom is 0.310 e. The first-order valence-corrected chi connectivity index (χ1v) is 5.98. The zero-order valence-electron chi connectivity index (χ0n) is 11.0. The minimum Gasteiger partial charge on any atom is -0.481 e. The Bertz CT molecular complexity index is 452. The van der Waals surface area contributed by atoms with Gasteiger partial charge in [0.05, 0.1) is 5.41 Å². The molecule has 0 fully saturated rings. The number of carboxylic acid groups (broad SMARTS) is 1. The van der Waals surface area contributed by atoms with Crippen molar-refractivity contribution in [2.24, 2.45) is 5.41 Å². The Morgan fingerprint density at radius 2 is 1.89 bits per heavy atom. The summed E-state index contributed by atoms with van der Waals surface area (Å²) in [6.07, 6.45) is 0.770. The second kappa shape index (κ2) is 5.67. The predicted octanol–water partition coefficient (Wildman–Crippen LogP) is 2.09. The molecule has 1 aromatic rings. The molecule has 1 rings (SSSR count). The van der Waals surface area contributed by atoms with Crippen molar-refractivity contribution < 1.29 is 14.7 Å². The van der Waals surface area contributed by atoms with E-state index in [4.69, 9.17) is 5.11 Å². The standard InChI is InChI=1S/C14H19NO3/c1-4-10-7-5-6-8-11(10)12(16)15-9-14(2,3)13(17)18/h5-8H,4,9H2,1-3H3,(H,15,16)(H,17,18). The zero-order chi connectivity index (χ0) is 13.8. The Morgan fingerprint density at radius 1 is 1.28 bits per heavy atom. The van der Waals surface area contributed by atoms with Crippen molar-refractivity contribution in [3.8, 4) is 0 Å². The Kier molecular flexibility index (Phi) is 4.48.